The molecule has 7 heteroatoms. The first-order valence-corrected chi connectivity index (χ1v) is 9.64. The van der Waals surface area contributed by atoms with Crippen molar-refractivity contribution in [2.45, 2.75) is 5.75 Å². The quantitative estimate of drug-likeness (QED) is 0.718. The van der Waals surface area contributed by atoms with Gasteiger partial charge in [0, 0.05) is 18.5 Å². The highest BCUT2D eigenvalue weighted by Gasteiger charge is 2.07. The number of ether oxygens (including phenoxy) is 1. The highest BCUT2D eigenvalue weighted by atomic mass is 32.2. The van der Waals surface area contributed by atoms with Crippen molar-refractivity contribution >= 4 is 44.9 Å². The predicted molar refractivity (Wildman–Crippen MR) is 105 cm³/mol. The normalized spacial score (nSPS) is 10.8. The molecule has 3 rings (SSSR count). The number of aromatic nitrogens is 1. The molecule has 1 heterocycles. The summed E-state index contributed by atoms with van der Waals surface area (Å²) in [5.41, 5.74) is 2.74. The van der Waals surface area contributed by atoms with Gasteiger partial charge in [0.1, 0.15) is 5.75 Å². The molecule has 0 fully saturated rings. The summed E-state index contributed by atoms with van der Waals surface area (Å²) in [5.74, 6) is 1.90. The zero-order valence-electron chi connectivity index (χ0n) is 13.9. The number of hydrogen-bond donors (Lipinski definition) is 1. The number of methoxy groups -OCH3 is 1. The summed E-state index contributed by atoms with van der Waals surface area (Å²) in [6.07, 6.45) is 0. The van der Waals surface area contributed by atoms with Gasteiger partial charge >= 0.3 is 4.87 Å². The van der Waals surface area contributed by atoms with Crippen molar-refractivity contribution in [3.63, 3.8) is 0 Å². The number of rotatable bonds is 6. The van der Waals surface area contributed by atoms with E-state index in [1.807, 2.05) is 42.5 Å². The van der Waals surface area contributed by atoms with Gasteiger partial charge in [-0.2, -0.15) is 0 Å². The molecule has 2 aromatic carbocycles. The number of fused-ring (bicyclic) bond motifs is 1. The maximum absolute atomic E-state index is 12.1. The largest absolute Gasteiger partial charge is 0.497 e. The van der Waals surface area contributed by atoms with Gasteiger partial charge in [0.2, 0.25) is 5.91 Å². The molecule has 0 aliphatic heterocycles. The second kappa shape index (κ2) is 7.76. The SMILES string of the molecule is COc1ccc(CSCC(=O)Nc2ccc3c(c2)sc(=O)n3C)cc1. The fourth-order valence-electron chi connectivity index (χ4n) is 2.39. The Morgan fingerprint density at radius 2 is 2.00 bits per heavy atom. The fraction of sp³-hybridized carbons (Fsp3) is 0.222. The molecular weight excluding hydrogens is 356 g/mol. The molecule has 0 saturated heterocycles. The lowest BCUT2D eigenvalue weighted by Gasteiger charge is -2.06. The Bertz CT molecular complexity index is 945. The molecule has 0 bridgehead atoms. The van der Waals surface area contributed by atoms with Crippen LogP contribution < -0.4 is 14.9 Å². The van der Waals surface area contributed by atoms with Crippen molar-refractivity contribution in [1.82, 2.24) is 4.57 Å². The Morgan fingerprint density at radius 3 is 2.72 bits per heavy atom. The number of amides is 1. The molecule has 0 aliphatic rings. The van der Waals surface area contributed by atoms with E-state index in [0.717, 1.165) is 27.3 Å². The molecule has 25 heavy (non-hydrogen) atoms. The first kappa shape index (κ1) is 17.6. The van der Waals surface area contributed by atoms with Gasteiger partial charge in [-0.1, -0.05) is 23.5 Å². The van der Waals surface area contributed by atoms with Gasteiger partial charge in [0.25, 0.3) is 0 Å². The van der Waals surface area contributed by atoms with Crippen LogP contribution >= 0.6 is 23.1 Å². The van der Waals surface area contributed by atoms with E-state index in [1.165, 1.54) is 11.3 Å². The number of aryl methyl sites for hydroxylation is 1. The van der Waals surface area contributed by atoms with E-state index in [1.54, 1.807) is 30.5 Å². The predicted octanol–water partition coefficient (Wildman–Crippen LogP) is 3.48. The summed E-state index contributed by atoms with van der Waals surface area (Å²) in [6.45, 7) is 0. The fourth-order valence-corrected chi connectivity index (χ4v) is 4.10. The average Bonchev–Trinajstić information content (AvgIpc) is 2.89. The van der Waals surface area contributed by atoms with Crippen LogP contribution in [0.1, 0.15) is 5.56 Å². The molecule has 5 nitrogen and oxygen atoms in total. The monoisotopic (exact) mass is 374 g/mol. The van der Waals surface area contributed by atoms with Crippen LogP contribution in [0.2, 0.25) is 0 Å². The summed E-state index contributed by atoms with van der Waals surface area (Å²) < 4.78 is 7.61. The number of benzene rings is 2. The lowest BCUT2D eigenvalue weighted by atomic mass is 10.2. The van der Waals surface area contributed by atoms with Crippen molar-refractivity contribution in [2.75, 3.05) is 18.2 Å². The number of nitrogens with one attached hydrogen (secondary N) is 1. The minimum atomic E-state index is -0.0545. The second-order valence-electron chi connectivity index (χ2n) is 5.50. The highest BCUT2D eigenvalue weighted by molar-refractivity contribution is 7.99. The van der Waals surface area contributed by atoms with E-state index in [4.69, 9.17) is 4.74 Å². The van der Waals surface area contributed by atoms with Gasteiger partial charge in [-0.25, -0.2) is 0 Å². The minimum Gasteiger partial charge on any atom is -0.497 e. The Balaban J connectivity index is 1.54. The molecular formula is C18H18N2O3S2. The third-order valence-electron chi connectivity index (χ3n) is 3.74. The summed E-state index contributed by atoms with van der Waals surface area (Å²) in [4.78, 5) is 23.8. The summed E-state index contributed by atoms with van der Waals surface area (Å²) in [7, 11) is 3.38. The van der Waals surface area contributed by atoms with E-state index in [2.05, 4.69) is 5.32 Å². The smallest absolute Gasteiger partial charge is 0.307 e. The Labute approximate surface area is 153 Å². The van der Waals surface area contributed by atoms with Gasteiger partial charge in [-0.05, 0) is 35.9 Å². The van der Waals surface area contributed by atoms with Crippen molar-refractivity contribution in [3.05, 3.63) is 57.7 Å². The van der Waals surface area contributed by atoms with Crippen LogP contribution in [-0.2, 0) is 17.6 Å². The molecule has 1 aromatic heterocycles. The molecule has 1 amide bonds. The van der Waals surface area contributed by atoms with Gasteiger partial charge in [0.15, 0.2) is 0 Å². The zero-order chi connectivity index (χ0) is 17.8. The number of carbonyl (C=O) groups is 1. The topological polar surface area (TPSA) is 60.3 Å². The third-order valence-corrected chi connectivity index (χ3v) is 5.74. The lowest BCUT2D eigenvalue weighted by Crippen LogP contribution is -2.14. The first-order valence-electron chi connectivity index (χ1n) is 7.67. The van der Waals surface area contributed by atoms with Crippen molar-refractivity contribution < 1.29 is 9.53 Å². The molecule has 3 aromatic rings. The second-order valence-corrected chi connectivity index (χ2v) is 7.48. The van der Waals surface area contributed by atoms with E-state index < -0.39 is 0 Å². The van der Waals surface area contributed by atoms with Gasteiger partial charge < -0.3 is 14.6 Å². The van der Waals surface area contributed by atoms with Crippen LogP contribution in [0.15, 0.2) is 47.3 Å². The average molecular weight is 374 g/mol. The van der Waals surface area contributed by atoms with Crippen molar-refractivity contribution in [1.29, 1.82) is 0 Å². The van der Waals surface area contributed by atoms with E-state index in [0.29, 0.717) is 11.4 Å². The minimum absolute atomic E-state index is 0.00600. The van der Waals surface area contributed by atoms with Crippen LogP contribution in [-0.4, -0.2) is 23.3 Å². The molecule has 0 spiro atoms. The summed E-state index contributed by atoms with van der Waals surface area (Å²) in [5, 5.41) is 2.88. The standard InChI is InChI=1S/C18H18N2O3S2/c1-20-15-8-5-13(9-16(15)25-18(20)22)19-17(21)11-24-10-12-3-6-14(23-2)7-4-12/h3-9H,10-11H2,1-2H3,(H,19,21). The molecule has 0 saturated carbocycles. The van der Waals surface area contributed by atoms with Crippen LogP contribution in [0.3, 0.4) is 0 Å². The van der Waals surface area contributed by atoms with Crippen molar-refractivity contribution in [2.24, 2.45) is 7.05 Å². The van der Waals surface area contributed by atoms with Crippen LogP contribution in [0, 0.1) is 0 Å². The molecule has 0 unspecified atom stereocenters. The number of anilines is 1. The van der Waals surface area contributed by atoms with E-state index in [-0.39, 0.29) is 10.8 Å². The van der Waals surface area contributed by atoms with Gasteiger partial charge in [0.05, 0.1) is 23.1 Å². The molecule has 0 atom stereocenters. The maximum atomic E-state index is 12.1. The van der Waals surface area contributed by atoms with E-state index >= 15 is 0 Å². The molecule has 0 aliphatic carbocycles. The van der Waals surface area contributed by atoms with Crippen molar-refractivity contribution in [3.8, 4) is 5.75 Å². The van der Waals surface area contributed by atoms with Crippen LogP contribution in [0.25, 0.3) is 10.2 Å². The number of carbonyl (C=O) groups excluding carboxylic acids is 1. The lowest BCUT2D eigenvalue weighted by molar-refractivity contribution is -0.113. The summed E-state index contributed by atoms with van der Waals surface area (Å²) >= 11 is 2.73. The molecule has 0 radical (unpaired) electrons. The zero-order valence-corrected chi connectivity index (χ0v) is 15.6. The Morgan fingerprint density at radius 1 is 1.24 bits per heavy atom. The Hall–Kier alpha value is -2.25. The van der Waals surface area contributed by atoms with Gasteiger partial charge in [-0.15, -0.1) is 11.8 Å². The number of nitrogens with zero attached hydrogens (tertiary/aromatic N) is 1. The van der Waals surface area contributed by atoms with E-state index in [9.17, 15) is 9.59 Å². The van der Waals surface area contributed by atoms with Crippen LogP contribution in [0.4, 0.5) is 5.69 Å². The first-order chi connectivity index (χ1) is 12.1. The highest BCUT2D eigenvalue weighted by Crippen LogP contribution is 2.22. The molecule has 130 valence electrons. The number of thiazole rings is 1. The number of thioether (sulfide) groups is 1. The Kier molecular flexibility index (Phi) is 5.45. The summed E-state index contributed by atoms with van der Waals surface area (Å²) in [6, 6.07) is 13.3. The van der Waals surface area contributed by atoms with Crippen LogP contribution in [0.5, 0.6) is 5.75 Å². The third kappa shape index (κ3) is 4.24. The maximum Gasteiger partial charge on any atom is 0.307 e. The molecule has 1 N–H and O–H groups in total. The number of hydrogen-bond acceptors (Lipinski definition) is 5. The van der Waals surface area contributed by atoms with Gasteiger partial charge in [-0.3, -0.25) is 9.59 Å².